The number of aliphatic imine (C=N–C) groups is 2. The molecule has 1 heterocycles. The number of para-hydroxylation sites is 3. The van der Waals surface area contributed by atoms with E-state index in [0.29, 0.717) is 0 Å². The Kier molecular flexibility index (Phi) is 13.0. The molecular formula is C58H51N3. The van der Waals surface area contributed by atoms with Crippen molar-refractivity contribution in [3.63, 3.8) is 0 Å². The molecule has 0 fully saturated rings. The maximum atomic E-state index is 5.12. The zero-order valence-electron chi connectivity index (χ0n) is 35.7. The van der Waals surface area contributed by atoms with Gasteiger partial charge in [0.15, 0.2) is 0 Å². The minimum absolute atomic E-state index is 0.801. The van der Waals surface area contributed by atoms with Crippen LogP contribution in [0.3, 0.4) is 0 Å². The number of anilines is 1. The first-order chi connectivity index (χ1) is 29.7. The molecule has 0 bridgehead atoms. The molecule has 0 radical (unpaired) electrons. The van der Waals surface area contributed by atoms with Crippen molar-refractivity contribution < 1.29 is 0 Å². The number of fused-ring (bicyclic) bond motifs is 2. The van der Waals surface area contributed by atoms with E-state index in [9.17, 15) is 0 Å². The van der Waals surface area contributed by atoms with Crippen molar-refractivity contribution in [1.82, 2.24) is 0 Å². The first-order valence-electron chi connectivity index (χ1n) is 20.6. The van der Waals surface area contributed by atoms with Gasteiger partial charge in [0.2, 0.25) is 0 Å². The Morgan fingerprint density at radius 3 is 1.92 bits per heavy atom. The van der Waals surface area contributed by atoms with E-state index in [1.807, 2.05) is 13.0 Å². The minimum atomic E-state index is 0.801. The highest BCUT2D eigenvalue weighted by Gasteiger charge is 2.24. The largest absolute Gasteiger partial charge is 0.321 e. The Balaban J connectivity index is 0.000000179. The fraction of sp³-hybridized carbons (Fsp3) is 0.103. The average molecular weight is 790 g/mol. The maximum absolute atomic E-state index is 5.12. The van der Waals surface area contributed by atoms with Crippen LogP contribution < -0.4 is 4.90 Å². The van der Waals surface area contributed by atoms with Crippen LogP contribution in [0.1, 0.15) is 52.8 Å². The zero-order chi connectivity index (χ0) is 42.9. The summed E-state index contributed by atoms with van der Waals surface area (Å²) in [4.78, 5) is 12.3. The third kappa shape index (κ3) is 9.52. The van der Waals surface area contributed by atoms with Gasteiger partial charge in [-0.3, -0.25) is 4.99 Å². The van der Waals surface area contributed by atoms with Gasteiger partial charge in [0, 0.05) is 17.0 Å². The van der Waals surface area contributed by atoms with Crippen LogP contribution in [0, 0.1) is 33.6 Å². The summed E-state index contributed by atoms with van der Waals surface area (Å²) in [5.41, 5.74) is 18.6. The highest BCUT2D eigenvalue weighted by Crippen LogP contribution is 2.34. The lowest BCUT2D eigenvalue weighted by atomic mass is 9.96. The van der Waals surface area contributed by atoms with Crippen LogP contribution in [0.25, 0.3) is 38.6 Å². The second-order valence-electron chi connectivity index (χ2n) is 15.5. The highest BCUT2D eigenvalue weighted by molar-refractivity contribution is 6.13. The maximum Gasteiger partial charge on any atom is 0.141 e. The quantitative estimate of drug-likeness (QED) is 0.117. The van der Waals surface area contributed by atoms with Crippen LogP contribution in [-0.4, -0.2) is 11.5 Å². The van der Waals surface area contributed by atoms with Crippen LogP contribution >= 0.6 is 0 Å². The molecule has 0 spiro atoms. The van der Waals surface area contributed by atoms with Crippen molar-refractivity contribution in [2.75, 3.05) is 4.90 Å². The first-order valence-corrected chi connectivity index (χ1v) is 20.6. The fourth-order valence-corrected chi connectivity index (χ4v) is 7.75. The predicted molar refractivity (Wildman–Crippen MR) is 264 cm³/mol. The zero-order valence-corrected chi connectivity index (χ0v) is 35.7. The van der Waals surface area contributed by atoms with Gasteiger partial charge in [0.1, 0.15) is 5.84 Å². The van der Waals surface area contributed by atoms with Gasteiger partial charge in [-0.05, 0) is 143 Å². The third-order valence-electron chi connectivity index (χ3n) is 11.1. The van der Waals surface area contributed by atoms with Crippen LogP contribution in [0.2, 0.25) is 0 Å². The normalized spacial score (nSPS) is 12.0. The Hall–Kier alpha value is -7.54. The number of benzene rings is 8. The molecule has 8 aromatic carbocycles. The Labute approximate surface area is 362 Å². The summed E-state index contributed by atoms with van der Waals surface area (Å²) in [7, 11) is 0. The molecular weight excluding hydrogens is 739 g/mol. The van der Waals surface area contributed by atoms with Crippen molar-refractivity contribution in [2.24, 2.45) is 9.98 Å². The molecule has 0 saturated heterocycles. The topological polar surface area (TPSA) is 28.0 Å². The Bertz CT molecular complexity index is 2940. The van der Waals surface area contributed by atoms with Crippen LogP contribution in [0.15, 0.2) is 199 Å². The van der Waals surface area contributed by atoms with Gasteiger partial charge in [-0.1, -0.05) is 152 Å². The van der Waals surface area contributed by atoms with Crippen LogP contribution in [-0.2, 0) is 6.54 Å². The molecule has 3 nitrogen and oxygen atoms in total. The van der Waals surface area contributed by atoms with E-state index in [2.05, 4.69) is 228 Å². The molecule has 0 atom stereocenters. The number of allylic oxidation sites excluding steroid dienone is 1. The van der Waals surface area contributed by atoms with E-state index in [1.165, 1.54) is 72.1 Å². The number of terminal acetylenes is 1. The molecule has 9 rings (SSSR count). The van der Waals surface area contributed by atoms with Crippen molar-refractivity contribution >= 4 is 45.0 Å². The van der Waals surface area contributed by atoms with E-state index in [-0.39, 0.29) is 0 Å². The molecule has 3 heteroatoms. The summed E-state index contributed by atoms with van der Waals surface area (Å²) in [5.74, 6) is 0.982. The molecule has 0 aliphatic carbocycles. The molecule has 8 aromatic rings. The first kappa shape index (κ1) is 41.6. The molecule has 0 N–H and O–H groups in total. The van der Waals surface area contributed by atoms with Gasteiger partial charge in [0.05, 0.1) is 17.9 Å². The molecule has 298 valence electrons. The smallest absolute Gasteiger partial charge is 0.141 e. The van der Waals surface area contributed by atoms with Gasteiger partial charge in [-0.15, -0.1) is 12.8 Å². The summed E-state index contributed by atoms with van der Waals surface area (Å²) in [5, 5.41) is 2.54. The van der Waals surface area contributed by atoms with E-state index >= 15 is 0 Å². The van der Waals surface area contributed by atoms with Crippen molar-refractivity contribution in [1.29, 1.82) is 0 Å². The molecule has 0 aromatic heterocycles. The van der Waals surface area contributed by atoms with E-state index in [4.69, 9.17) is 9.98 Å². The molecule has 61 heavy (non-hydrogen) atoms. The van der Waals surface area contributed by atoms with Crippen molar-refractivity contribution in [3.8, 4) is 35.1 Å². The Morgan fingerprint density at radius 1 is 0.541 bits per heavy atom. The average Bonchev–Trinajstić information content (AvgIpc) is 3.30. The summed E-state index contributed by atoms with van der Waals surface area (Å²) in [6, 6.07) is 64.2. The number of amidine groups is 1. The minimum Gasteiger partial charge on any atom is -0.321 e. The van der Waals surface area contributed by atoms with Crippen molar-refractivity contribution in [2.45, 2.75) is 41.2 Å². The second kappa shape index (κ2) is 19.0. The van der Waals surface area contributed by atoms with Gasteiger partial charge in [0.25, 0.3) is 0 Å². The number of hydrogen-bond acceptors (Lipinski definition) is 3. The predicted octanol–water partition coefficient (Wildman–Crippen LogP) is 15.3. The summed E-state index contributed by atoms with van der Waals surface area (Å²) in [6.45, 7) is 15.5. The second-order valence-corrected chi connectivity index (χ2v) is 15.5. The molecule has 1 aliphatic heterocycles. The number of hydrogen-bond donors (Lipinski definition) is 0. The van der Waals surface area contributed by atoms with E-state index < -0.39 is 0 Å². The fourth-order valence-electron chi connectivity index (χ4n) is 7.75. The molecule has 0 unspecified atom stereocenters. The number of rotatable bonds is 7. The lowest BCUT2D eigenvalue weighted by Crippen LogP contribution is -2.34. The summed E-state index contributed by atoms with van der Waals surface area (Å²) in [6.07, 6.45) is 8.00. The molecule has 0 amide bonds. The van der Waals surface area contributed by atoms with Gasteiger partial charge < -0.3 is 4.90 Å². The summed E-state index contributed by atoms with van der Waals surface area (Å²) < 4.78 is 0. The lowest BCUT2D eigenvalue weighted by Gasteiger charge is -2.32. The number of aryl methyl sites for hydroxylation is 3. The SMILES string of the molecule is C#C.C=C(C)c1cccc(-c2cccc(C3=Nc4ccccc4CN3c3ccccc3C)c2)c1.CC(=Nc1ccccc1C)c1cc(-c2ccc3ccccc3c2)ccc1C. The standard InChI is InChI=1S/C30H26N2.C26H23N.C2H2/c1-21(2)23-12-8-13-24(18-23)25-14-9-15-26(19-25)30-31-28-16-6-5-11-27(28)20-32(30)29-17-7-4-10-22(29)3;1-18-12-13-24(23-15-14-21-9-5-6-10-22(21)16-23)17-25(18)20(3)27-26-11-7-4-8-19(26)2;1-2/h4-19H,1,20H2,2-3H3;4-17H,1-3H3;1-2H. The lowest BCUT2D eigenvalue weighted by molar-refractivity contribution is 0.971. The van der Waals surface area contributed by atoms with Crippen molar-refractivity contribution in [3.05, 3.63) is 228 Å². The van der Waals surface area contributed by atoms with Gasteiger partial charge in [-0.2, -0.15) is 0 Å². The van der Waals surface area contributed by atoms with E-state index in [1.54, 1.807) is 0 Å². The molecule has 0 saturated carbocycles. The van der Waals surface area contributed by atoms with Crippen LogP contribution in [0.4, 0.5) is 17.1 Å². The monoisotopic (exact) mass is 789 g/mol. The van der Waals surface area contributed by atoms with E-state index in [0.717, 1.165) is 40.6 Å². The van der Waals surface area contributed by atoms with Gasteiger partial charge >= 0.3 is 0 Å². The van der Waals surface area contributed by atoms with Gasteiger partial charge in [-0.25, -0.2) is 4.99 Å². The Morgan fingerprint density at radius 2 is 1.15 bits per heavy atom. The summed E-state index contributed by atoms with van der Waals surface area (Å²) >= 11 is 0. The van der Waals surface area contributed by atoms with Crippen LogP contribution in [0.5, 0.6) is 0 Å². The molecule has 1 aliphatic rings. The number of nitrogens with zero attached hydrogens (tertiary/aromatic N) is 3. The highest BCUT2D eigenvalue weighted by atomic mass is 15.2. The third-order valence-corrected chi connectivity index (χ3v) is 11.1.